The molecule has 2 aromatic rings. The molecule has 0 aliphatic carbocycles. The molecule has 0 bridgehead atoms. The second-order valence-corrected chi connectivity index (χ2v) is 6.25. The van der Waals surface area contributed by atoms with Crippen LogP contribution in [0, 0.1) is 6.92 Å². The molecule has 0 saturated heterocycles. The Balaban J connectivity index is 2.17. The van der Waals surface area contributed by atoms with E-state index in [2.05, 4.69) is 54.1 Å². The molecule has 0 saturated carbocycles. The van der Waals surface area contributed by atoms with Gasteiger partial charge in [0.15, 0.2) is 0 Å². The average molecular weight is 304 g/mol. The number of hydrogen-bond acceptors (Lipinski definition) is 5. The predicted molar refractivity (Wildman–Crippen MR) is 89.9 cm³/mol. The zero-order valence-corrected chi connectivity index (χ0v) is 14.1. The van der Waals surface area contributed by atoms with Gasteiger partial charge in [-0.15, -0.1) is 11.3 Å². The van der Waals surface area contributed by atoms with Crippen LogP contribution in [0.4, 0.5) is 5.82 Å². The molecule has 21 heavy (non-hydrogen) atoms. The number of rotatable bonds is 7. The van der Waals surface area contributed by atoms with E-state index in [0.717, 1.165) is 31.0 Å². The normalized spacial score (nSPS) is 12.4. The Kier molecular flexibility index (Phi) is 5.70. The molecule has 4 nitrogen and oxygen atoms in total. The van der Waals surface area contributed by atoms with Crippen molar-refractivity contribution >= 4 is 17.2 Å². The van der Waals surface area contributed by atoms with Gasteiger partial charge in [0.1, 0.15) is 5.82 Å². The van der Waals surface area contributed by atoms with Gasteiger partial charge in [-0.3, -0.25) is 0 Å². The minimum absolute atomic E-state index is 0.304. The van der Waals surface area contributed by atoms with E-state index in [9.17, 15) is 0 Å². The lowest BCUT2D eigenvalue weighted by Gasteiger charge is -2.24. The molecule has 1 atom stereocenters. The summed E-state index contributed by atoms with van der Waals surface area (Å²) < 4.78 is 0. The first-order valence-corrected chi connectivity index (χ1v) is 8.29. The summed E-state index contributed by atoms with van der Waals surface area (Å²) in [6, 6.07) is 4.47. The van der Waals surface area contributed by atoms with Crippen LogP contribution in [0.5, 0.6) is 0 Å². The summed E-state index contributed by atoms with van der Waals surface area (Å²) in [7, 11) is 2.09. The summed E-state index contributed by atoms with van der Waals surface area (Å²) in [4.78, 5) is 12.4. The average Bonchev–Trinajstić information content (AvgIpc) is 2.90. The van der Waals surface area contributed by atoms with Crippen molar-refractivity contribution in [2.24, 2.45) is 0 Å². The topological polar surface area (TPSA) is 41.1 Å². The third-order valence-corrected chi connectivity index (χ3v) is 4.49. The molecule has 5 heteroatoms. The molecule has 2 heterocycles. The van der Waals surface area contributed by atoms with Gasteiger partial charge < -0.3 is 10.2 Å². The van der Waals surface area contributed by atoms with Crippen LogP contribution in [0.2, 0.25) is 0 Å². The van der Waals surface area contributed by atoms with Crippen molar-refractivity contribution in [3.63, 3.8) is 0 Å². The second kappa shape index (κ2) is 7.52. The Hall–Kier alpha value is -1.46. The number of nitrogens with one attached hydrogen (secondary N) is 1. The monoisotopic (exact) mass is 304 g/mol. The van der Waals surface area contributed by atoms with Crippen molar-refractivity contribution in [1.82, 2.24) is 15.3 Å². The van der Waals surface area contributed by atoms with Crippen LogP contribution in [0.1, 0.15) is 42.4 Å². The molecular formula is C16H24N4S. The van der Waals surface area contributed by atoms with Crippen molar-refractivity contribution in [1.29, 1.82) is 0 Å². The first-order chi connectivity index (χ1) is 10.1. The van der Waals surface area contributed by atoms with Crippen molar-refractivity contribution in [2.45, 2.75) is 39.8 Å². The van der Waals surface area contributed by atoms with Crippen LogP contribution in [0.3, 0.4) is 0 Å². The lowest BCUT2D eigenvalue weighted by Crippen LogP contribution is -2.24. The fourth-order valence-corrected chi connectivity index (χ4v) is 3.13. The third kappa shape index (κ3) is 4.02. The molecule has 0 fully saturated rings. The summed E-state index contributed by atoms with van der Waals surface area (Å²) >= 11 is 1.70. The first-order valence-electron chi connectivity index (χ1n) is 7.41. The molecule has 0 aromatic carbocycles. The van der Waals surface area contributed by atoms with E-state index < -0.39 is 0 Å². The van der Waals surface area contributed by atoms with Crippen LogP contribution in [-0.4, -0.2) is 23.6 Å². The fraction of sp³-hybridized carbons (Fsp3) is 0.500. The summed E-state index contributed by atoms with van der Waals surface area (Å²) in [5.74, 6) is 1.04. The van der Waals surface area contributed by atoms with Crippen LogP contribution >= 0.6 is 11.3 Å². The van der Waals surface area contributed by atoms with E-state index in [1.807, 2.05) is 17.8 Å². The molecule has 2 aromatic heterocycles. The number of aromatic nitrogens is 2. The van der Waals surface area contributed by atoms with Crippen LogP contribution in [0.25, 0.3) is 0 Å². The van der Waals surface area contributed by atoms with E-state index in [-0.39, 0.29) is 0 Å². The van der Waals surface area contributed by atoms with Crippen molar-refractivity contribution in [3.8, 4) is 0 Å². The maximum atomic E-state index is 4.59. The van der Waals surface area contributed by atoms with Gasteiger partial charge >= 0.3 is 0 Å². The zero-order chi connectivity index (χ0) is 15.2. The number of hydrogen-bond donors (Lipinski definition) is 1. The van der Waals surface area contributed by atoms with E-state index in [4.69, 9.17) is 0 Å². The molecule has 114 valence electrons. The third-order valence-electron chi connectivity index (χ3n) is 3.57. The van der Waals surface area contributed by atoms with Crippen LogP contribution in [0.15, 0.2) is 23.8 Å². The quantitative estimate of drug-likeness (QED) is 0.849. The van der Waals surface area contributed by atoms with Gasteiger partial charge in [-0.1, -0.05) is 13.0 Å². The lowest BCUT2D eigenvalue weighted by atomic mass is 10.1. The van der Waals surface area contributed by atoms with Crippen molar-refractivity contribution < 1.29 is 0 Å². The summed E-state index contributed by atoms with van der Waals surface area (Å²) in [6.07, 6.45) is 3.00. The van der Waals surface area contributed by atoms with Crippen molar-refractivity contribution in [2.75, 3.05) is 18.5 Å². The highest BCUT2D eigenvalue weighted by atomic mass is 32.1. The Morgan fingerprint density at radius 2 is 2.19 bits per heavy atom. The zero-order valence-electron chi connectivity index (χ0n) is 13.3. The van der Waals surface area contributed by atoms with Gasteiger partial charge in [-0.05, 0) is 32.9 Å². The van der Waals surface area contributed by atoms with Crippen molar-refractivity contribution in [3.05, 3.63) is 40.0 Å². The molecule has 0 aliphatic heterocycles. The highest BCUT2D eigenvalue weighted by molar-refractivity contribution is 7.09. The van der Waals surface area contributed by atoms with Gasteiger partial charge in [0.25, 0.3) is 0 Å². The molecular weight excluding hydrogens is 280 g/mol. The highest BCUT2D eigenvalue weighted by Gasteiger charge is 2.15. The number of aryl methyl sites for hydroxylation is 1. The number of anilines is 1. The molecule has 1 N–H and O–H groups in total. The van der Waals surface area contributed by atoms with Gasteiger partial charge in [0, 0.05) is 29.7 Å². The van der Waals surface area contributed by atoms with Gasteiger partial charge in [0.05, 0.1) is 17.7 Å². The number of thiazole rings is 1. The molecule has 0 radical (unpaired) electrons. The molecule has 0 spiro atoms. The summed E-state index contributed by atoms with van der Waals surface area (Å²) in [5.41, 5.74) is 4.26. The van der Waals surface area contributed by atoms with E-state index in [1.165, 1.54) is 10.4 Å². The van der Waals surface area contributed by atoms with Gasteiger partial charge in [-0.25, -0.2) is 9.97 Å². The maximum absolute atomic E-state index is 4.59. The van der Waals surface area contributed by atoms with E-state index >= 15 is 0 Å². The first kappa shape index (κ1) is 15.9. The van der Waals surface area contributed by atoms with E-state index in [1.54, 1.807) is 11.3 Å². The largest absolute Gasteiger partial charge is 0.354 e. The Labute approximate surface area is 131 Å². The molecule has 2 rings (SSSR count). The Morgan fingerprint density at radius 3 is 2.86 bits per heavy atom. The smallest absolute Gasteiger partial charge is 0.133 e. The standard InChI is InChI=1S/C16H24N4S/c1-5-8-17-12(2)14-7-6-9-18-16(14)20(4)10-15-13(3)19-11-21-15/h6-7,9,11-12,17H,5,8,10H2,1-4H3. The van der Waals surface area contributed by atoms with Gasteiger partial charge in [-0.2, -0.15) is 0 Å². The maximum Gasteiger partial charge on any atom is 0.133 e. The summed E-state index contributed by atoms with van der Waals surface area (Å²) in [6.45, 7) is 8.31. The number of nitrogens with zero attached hydrogens (tertiary/aromatic N) is 3. The van der Waals surface area contributed by atoms with Gasteiger partial charge in [0.2, 0.25) is 0 Å². The van der Waals surface area contributed by atoms with Crippen LogP contribution in [-0.2, 0) is 6.54 Å². The predicted octanol–water partition coefficient (Wildman–Crippen LogP) is 3.54. The SMILES string of the molecule is CCCNC(C)c1cccnc1N(C)Cc1scnc1C. The Bertz CT molecular complexity index is 567. The lowest BCUT2D eigenvalue weighted by molar-refractivity contribution is 0.568. The molecule has 0 amide bonds. The number of pyridine rings is 1. The minimum atomic E-state index is 0.304. The minimum Gasteiger partial charge on any atom is -0.354 e. The van der Waals surface area contributed by atoms with Crippen LogP contribution < -0.4 is 10.2 Å². The fourth-order valence-electron chi connectivity index (χ4n) is 2.31. The molecule has 1 unspecified atom stereocenters. The second-order valence-electron chi connectivity index (χ2n) is 5.31. The highest BCUT2D eigenvalue weighted by Crippen LogP contribution is 2.25. The Morgan fingerprint density at radius 1 is 1.38 bits per heavy atom. The summed E-state index contributed by atoms with van der Waals surface area (Å²) in [5, 5.41) is 3.54. The molecule has 0 aliphatic rings. The van der Waals surface area contributed by atoms with E-state index in [0.29, 0.717) is 6.04 Å².